The monoisotopic (exact) mass is 245 g/mol. The zero-order valence-electron chi connectivity index (χ0n) is 10.3. The van der Waals surface area contributed by atoms with Crippen molar-refractivity contribution < 1.29 is 9.84 Å². The van der Waals surface area contributed by atoms with E-state index in [0.29, 0.717) is 28.8 Å². The van der Waals surface area contributed by atoms with Crippen LogP contribution in [0.25, 0.3) is 0 Å². The third-order valence-electron chi connectivity index (χ3n) is 2.55. The van der Waals surface area contributed by atoms with Gasteiger partial charge in [-0.15, -0.1) is 0 Å². The molecule has 0 amide bonds. The molecule has 5 heteroatoms. The molecular formula is C13H15N3O2. The van der Waals surface area contributed by atoms with Crippen LogP contribution in [0.1, 0.15) is 17.0 Å². The van der Waals surface area contributed by atoms with Crippen LogP contribution in [0.5, 0.6) is 11.6 Å². The molecule has 5 nitrogen and oxygen atoms in total. The number of aliphatic hydroxyl groups is 1. The third kappa shape index (κ3) is 2.57. The fourth-order valence-electron chi connectivity index (χ4n) is 1.54. The number of benzene rings is 1. The molecular weight excluding hydrogens is 230 g/mol. The number of aromatic nitrogens is 2. The predicted molar refractivity (Wildman–Crippen MR) is 68.4 cm³/mol. The van der Waals surface area contributed by atoms with E-state index in [1.165, 1.54) is 0 Å². The summed E-state index contributed by atoms with van der Waals surface area (Å²) in [5.41, 5.74) is 7.25. The molecule has 18 heavy (non-hydrogen) atoms. The van der Waals surface area contributed by atoms with E-state index in [0.717, 1.165) is 5.56 Å². The molecule has 3 N–H and O–H groups in total. The summed E-state index contributed by atoms with van der Waals surface area (Å²) in [5, 5.41) is 9.07. The minimum absolute atomic E-state index is 0.0267. The highest BCUT2D eigenvalue weighted by atomic mass is 16.5. The second-order valence-electron chi connectivity index (χ2n) is 3.99. The van der Waals surface area contributed by atoms with Gasteiger partial charge in [0.1, 0.15) is 17.4 Å². The van der Waals surface area contributed by atoms with E-state index in [-0.39, 0.29) is 6.61 Å². The third-order valence-corrected chi connectivity index (χ3v) is 2.55. The second kappa shape index (κ2) is 5.01. The number of hydrogen-bond donors (Lipinski definition) is 2. The Balaban J connectivity index is 2.33. The first-order valence-corrected chi connectivity index (χ1v) is 5.58. The normalized spacial score (nSPS) is 10.4. The summed E-state index contributed by atoms with van der Waals surface area (Å²) in [7, 11) is 0. The van der Waals surface area contributed by atoms with Crippen molar-refractivity contribution in [2.75, 3.05) is 5.73 Å². The Labute approximate surface area is 105 Å². The van der Waals surface area contributed by atoms with Gasteiger partial charge >= 0.3 is 0 Å². The van der Waals surface area contributed by atoms with Gasteiger partial charge in [0.25, 0.3) is 0 Å². The van der Waals surface area contributed by atoms with Crippen LogP contribution in [0.2, 0.25) is 0 Å². The topological polar surface area (TPSA) is 81.3 Å². The maximum atomic E-state index is 9.07. The van der Waals surface area contributed by atoms with Crippen LogP contribution in [0, 0.1) is 13.8 Å². The molecule has 0 aliphatic heterocycles. The number of aliphatic hydroxyl groups excluding tert-OH is 1. The highest BCUT2D eigenvalue weighted by Crippen LogP contribution is 2.26. The molecule has 0 unspecified atom stereocenters. The van der Waals surface area contributed by atoms with Gasteiger partial charge in [0.05, 0.1) is 12.2 Å². The van der Waals surface area contributed by atoms with E-state index in [9.17, 15) is 0 Å². The molecule has 1 aromatic heterocycles. The zero-order chi connectivity index (χ0) is 13.1. The largest absolute Gasteiger partial charge is 0.439 e. The van der Waals surface area contributed by atoms with Crippen molar-refractivity contribution in [2.24, 2.45) is 0 Å². The number of anilines is 1. The molecule has 0 spiro atoms. The van der Waals surface area contributed by atoms with Gasteiger partial charge in [0.15, 0.2) is 0 Å². The average molecular weight is 245 g/mol. The smallest absolute Gasteiger partial charge is 0.227 e. The van der Waals surface area contributed by atoms with Crippen LogP contribution in [-0.2, 0) is 6.61 Å². The number of nitrogen functional groups attached to an aromatic ring is 1. The van der Waals surface area contributed by atoms with Crippen molar-refractivity contribution >= 4 is 5.82 Å². The lowest BCUT2D eigenvalue weighted by atomic mass is 10.2. The van der Waals surface area contributed by atoms with E-state index >= 15 is 0 Å². The minimum atomic E-state index is -0.0267. The van der Waals surface area contributed by atoms with Crippen LogP contribution in [-0.4, -0.2) is 15.1 Å². The molecule has 0 fully saturated rings. The van der Waals surface area contributed by atoms with E-state index in [1.54, 1.807) is 26.0 Å². The van der Waals surface area contributed by atoms with E-state index < -0.39 is 0 Å². The van der Waals surface area contributed by atoms with Crippen molar-refractivity contribution in [1.29, 1.82) is 0 Å². The molecule has 2 rings (SSSR count). The van der Waals surface area contributed by atoms with Gasteiger partial charge in [-0.1, -0.05) is 12.1 Å². The quantitative estimate of drug-likeness (QED) is 0.863. The van der Waals surface area contributed by atoms with Crippen molar-refractivity contribution in [2.45, 2.75) is 20.5 Å². The fourth-order valence-corrected chi connectivity index (χ4v) is 1.54. The molecule has 2 aromatic rings. The molecule has 94 valence electrons. The average Bonchev–Trinajstić information content (AvgIpc) is 2.35. The minimum Gasteiger partial charge on any atom is -0.439 e. The maximum Gasteiger partial charge on any atom is 0.227 e. The standard InChI is InChI=1S/C13H15N3O2/c1-8-12(14)15-9(2)16-13(8)18-11-5-3-4-10(6-11)7-17/h3-6,17H,7H2,1-2H3,(H2,14,15,16). The number of ether oxygens (including phenoxy) is 1. The summed E-state index contributed by atoms with van der Waals surface area (Å²) in [4.78, 5) is 8.26. The molecule has 0 saturated heterocycles. The predicted octanol–water partition coefficient (Wildman–Crippen LogP) is 1.96. The summed E-state index contributed by atoms with van der Waals surface area (Å²) in [6.07, 6.45) is 0. The molecule has 0 bridgehead atoms. The van der Waals surface area contributed by atoms with Crippen LogP contribution < -0.4 is 10.5 Å². The summed E-state index contributed by atoms with van der Waals surface area (Å²) < 4.78 is 5.67. The first-order chi connectivity index (χ1) is 8.60. The highest BCUT2D eigenvalue weighted by Gasteiger charge is 2.09. The van der Waals surface area contributed by atoms with Crippen molar-refractivity contribution in [1.82, 2.24) is 9.97 Å². The van der Waals surface area contributed by atoms with Crippen LogP contribution in [0.4, 0.5) is 5.82 Å². The first-order valence-electron chi connectivity index (χ1n) is 5.58. The first kappa shape index (κ1) is 12.3. The van der Waals surface area contributed by atoms with Gasteiger partial charge in [-0.05, 0) is 31.5 Å². The molecule has 0 aliphatic rings. The SMILES string of the molecule is Cc1nc(N)c(C)c(Oc2cccc(CO)c2)n1. The van der Waals surface area contributed by atoms with Gasteiger partial charge in [-0.3, -0.25) is 0 Å². The Morgan fingerprint density at radius 3 is 2.78 bits per heavy atom. The Kier molecular flexibility index (Phi) is 3.43. The maximum absolute atomic E-state index is 9.07. The summed E-state index contributed by atoms with van der Waals surface area (Å²) in [6.45, 7) is 3.54. The van der Waals surface area contributed by atoms with Crippen molar-refractivity contribution in [3.8, 4) is 11.6 Å². The van der Waals surface area contributed by atoms with E-state index in [2.05, 4.69) is 9.97 Å². The molecule has 0 radical (unpaired) electrons. The number of nitrogens with zero attached hydrogens (tertiary/aromatic N) is 2. The number of rotatable bonds is 3. The molecule has 0 saturated carbocycles. The van der Waals surface area contributed by atoms with Gasteiger partial charge in [0, 0.05) is 0 Å². The van der Waals surface area contributed by atoms with Gasteiger partial charge in [-0.25, -0.2) is 4.98 Å². The Bertz CT molecular complexity index is 570. The van der Waals surface area contributed by atoms with Gasteiger partial charge in [-0.2, -0.15) is 4.98 Å². The molecule has 0 atom stereocenters. The summed E-state index contributed by atoms with van der Waals surface area (Å²) >= 11 is 0. The van der Waals surface area contributed by atoms with Crippen molar-refractivity contribution in [3.63, 3.8) is 0 Å². The van der Waals surface area contributed by atoms with Crippen LogP contribution in [0.15, 0.2) is 24.3 Å². The van der Waals surface area contributed by atoms with E-state index in [4.69, 9.17) is 15.6 Å². The Morgan fingerprint density at radius 2 is 2.06 bits per heavy atom. The number of aryl methyl sites for hydroxylation is 1. The Morgan fingerprint density at radius 1 is 1.28 bits per heavy atom. The van der Waals surface area contributed by atoms with Crippen molar-refractivity contribution in [3.05, 3.63) is 41.2 Å². The highest BCUT2D eigenvalue weighted by molar-refractivity contribution is 5.46. The number of hydrogen-bond acceptors (Lipinski definition) is 5. The lowest BCUT2D eigenvalue weighted by Crippen LogP contribution is -2.02. The lowest BCUT2D eigenvalue weighted by molar-refractivity contribution is 0.281. The van der Waals surface area contributed by atoms with Crippen LogP contribution in [0.3, 0.4) is 0 Å². The number of nitrogens with two attached hydrogens (primary N) is 1. The van der Waals surface area contributed by atoms with Gasteiger partial charge in [0.2, 0.25) is 5.88 Å². The molecule has 1 heterocycles. The zero-order valence-corrected chi connectivity index (χ0v) is 10.3. The fraction of sp³-hybridized carbons (Fsp3) is 0.231. The lowest BCUT2D eigenvalue weighted by Gasteiger charge is -2.10. The molecule has 0 aliphatic carbocycles. The molecule has 1 aromatic carbocycles. The second-order valence-corrected chi connectivity index (χ2v) is 3.99. The van der Waals surface area contributed by atoms with E-state index in [1.807, 2.05) is 12.1 Å². The Hall–Kier alpha value is -2.14. The summed E-state index contributed by atoms with van der Waals surface area (Å²) in [6, 6.07) is 7.19. The van der Waals surface area contributed by atoms with Crippen LogP contribution >= 0.6 is 0 Å². The summed E-state index contributed by atoms with van der Waals surface area (Å²) in [5.74, 6) is 2.03. The van der Waals surface area contributed by atoms with Gasteiger partial charge < -0.3 is 15.6 Å².